The molecule has 2 aliphatic rings. The molecular formula is C16H20N2O3S. The van der Waals surface area contributed by atoms with Crippen LogP contribution in [0.25, 0.3) is 0 Å². The fourth-order valence-electron chi connectivity index (χ4n) is 2.82. The standard InChI is InChI=1S/C16H20N2O3S/c1-11-3-4-12(2)13(9-11)21-7-6-18-14(19)16(17-15(18)20)5-8-22-10-16/h3-4,9H,5-8,10H2,1-2H3,(H,17,20). The summed E-state index contributed by atoms with van der Waals surface area (Å²) in [5.74, 6) is 2.29. The maximum absolute atomic E-state index is 12.5. The molecule has 1 unspecified atom stereocenters. The van der Waals surface area contributed by atoms with Crippen LogP contribution >= 0.6 is 11.8 Å². The molecule has 0 saturated carbocycles. The van der Waals surface area contributed by atoms with Gasteiger partial charge in [0, 0.05) is 5.75 Å². The van der Waals surface area contributed by atoms with Gasteiger partial charge in [0.25, 0.3) is 5.91 Å². The van der Waals surface area contributed by atoms with E-state index in [9.17, 15) is 9.59 Å². The summed E-state index contributed by atoms with van der Waals surface area (Å²) in [5, 5.41) is 2.86. The second-order valence-corrected chi connectivity index (χ2v) is 6.99. The maximum Gasteiger partial charge on any atom is 0.325 e. The fraction of sp³-hybridized carbons (Fsp3) is 0.500. The molecule has 0 aliphatic carbocycles. The van der Waals surface area contributed by atoms with E-state index in [4.69, 9.17) is 4.74 Å². The molecule has 5 nitrogen and oxygen atoms in total. The minimum atomic E-state index is -0.666. The lowest BCUT2D eigenvalue weighted by Crippen LogP contribution is -2.47. The molecule has 0 aromatic heterocycles. The van der Waals surface area contributed by atoms with Crippen molar-refractivity contribution in [3.63, 3.8) is 0 Å². The maximum atomic E-state index is 12.5. The Kier molecular flexibility index (Phi) is 4.04. The minimum Gasteiger partial charge on any atom is -0.491 e. The van der Waals surface area contributed by atoms with Gasteiger partial charge in [-0.15, -0.1) is 0 Å². The van der Waals surface area contributed by atoms with Gasteiger partial charge in [0.2, 0.25) is 0 Å². The Labute approximate surface area is 134 Å². The van der Waals surface area contributed by atoms with E-state index in [-0.39, 0.29) is 18.5 Å². The normalized spacial score (nSPS) is 24.2. The van der Waals surface area contributed by atoms with Crippen molar-refractivity contribution in [2.75, 3.05) is 24.7 Å². The molecule has 2 aliphatic heterocycles. The van der Waals surface area contributed by atoms with Gasteiger partial charge < -0.3 is 10.1 Å². The van der Waals surface area contributed by atoms with Crippen molar-refractivity contribution in [2.45, 2.75) is 25.8 Å². The van der Waals surface area contributed by atoms with Crippen molar-refractivity contribution in [1.82, 2.24) is 10.2 Å². The molecule has 2 fully saturated rings. The van der Waals surface area contributed by atoms with E-state index in [0.717, 1.165) is 29.1 Å². The third-order valence-corrected chi connectivity index (χ3v) is 5.37. The van der Waals surface area contributed by atoms with Gasteiger partial charge in [-0.2, -0.15) is 11.8 Å². The minimum absolute atomic E-state index is 0.105. The quantitative estimate of drug-likeness (QED) is 0.863. The number of rotatable bonds is 4. The summed E-state index contributed by atoms with van der Waals surface area (Å²) in [5.41, 5.74) is 1.50. The molecule has 2 saturated heterocycles. The number of benzene rings is 1. The van der Waals surface area contributed by atoms with Crippen LogP contribution in [-0.4, -0.2) is 47.0 Å². The first-order valence-corrected chi connectivity index (χ1v) is 8.59. The van der Waals surface area contributed by atoms with Crippen molar-refractivity contribution in [2.24, 2.45) is 0 Å². The Morgan fingerprint density at radius 3 is 2.91 bits per heavy atom. The number of amides is 3. The van der Waals surface area contributed by atoms with Crippen LogP contribution in [0, 0.1) is 13.8 Å². The number of carbonyl (C=O) groups excluding carboxylic acids is 2. The third-order valence-electron chi connectivity index (χ3n) is 4.18. The van der Waals surface area contributed by atoms with Crippen LogP contribution in [0.5, 0.6) is 5.75 Å². The predicted octanol–water partition coefficient (Wildman–Crippen LogP) is 2.11. The Hall–Kier alpha value is -1.69. The van der Waals surface area contributed by atoms with Gasteiger partial charge in [0.1, 0.15) is 17.9 Å². The number of thioether (sulfide) groups is 1. The molecule has 0 bridgehead atoms. The van der Waals surface area contributed by atoms with Crippen LogP contribution in [0.2, 0.25) is 0 Å². The highest BCUT2D eigenvalue weighted by atomic mass is 32.2. The van der Waals surface area contributed by atoms with E-state index in [1.165, 1.54) is 4.90 Å². The second kappa shape index (κ2) is 5.83. The Morgan fingerprint density at radius 2 is 2.18 bits per heavy atom. The number of nitrogens with zero attached hydrogens (tertiary/aromatic N) is 1. The van der Waals surface area contributed by atoms with Gasteiger partial charge in [0.15, 0.2) is 0 Å². The molecule has 0 radical (unpaired) electrons. The largest absolute Gasteiger partial charge is 0.491 e. The number of ether oxygens (including phenoxy) is 1. The van der Waals surface area contributed by atoms with Crippen LogP contribution < -0.4 is 10.1 Å². The van der Waals surface area contributed by atoms with Crippen molar-refractivity contribution in [1.29, 1.82) is 0 Å². The molecule has 1 aromatic carbocycles. The summed E-state index contributed by atoms with van der Waals surface area (Å²) in [6.07, 6.45) is 0.719. The highest BCUT2D eigenvalue weighted by Gasteiger charge is 2.52. The number of hydrogen-bond donors (Lipinski definition) is 1. The molecule has 3 rings (SSSR count). The molecule has 6 heteroatoms. The number of carbonyl (C=O) groups is 2. The third kappa shape index (κ3) is 2.67. The Morgan fingerprint density at radius 1 is 1.36 bits per heavy atom. The lowest BCUT2D eigenvalue weighted by atomic mass is 9.99. The van der Waals surface area contributed by atoms with Crippen LogP contribution in [0.4, 0.5) is 4.79 Å². The zero-order valence-corrected chi connectivity index (χ0v) is 13.7. The van der Waals surface area contributed by atoms with E-state index < -0.39 is 5.54 Å². The average Bonchev–Trinajstić information content (AvgIpc) is 3.03. The molecule has 22 heavy (non-hydrogen) atoms. The Bertz CT molecular complexity index is 611. The van der Waals surface area contributed by atoms with Crippen molar-refractivity contribution < 1.29 is 14.3 Å². The lowest BCUT2D eigenvalue weighted by Gasteiger charge is -2.19. The van der Waals surface area contributed by atoms with Crippen LogP contribution in [0.1, 0.15) is 17.5 Å². The SMILES string of the molecule is Cc1ccc(C)c(OCCN2C(=O)NC3(CCSC3)C2=O)c1. The van der Waals surface area contributed by atoms with E-state index in [0.29, 0.717) is 12.4 Å². The first-order chi connectivity index (χ1) is 10.5. The smallest absolute Gasteiger partial charge is 0.325 e. The van der Waals surface area contributed by atoms with Gasteiger partial charge in [0.05, 0.1) is 6.54 Å². The number of imide groups is 1. The van der Waals surface area contributed by atoms with Gasteiger partial charge in [-0.1, -0.05) is 12.1 Å². The fourth-order valence-corrected chi connectivity index (χ4v) is 4.15. The number of hydrogen-bond acceptors (Lipinski definition) is 4. The van der Waals surface area contributed by atoms with E-state index in [1.807, 2.05) is 32.0 Å². The molecule has 2 heterocycles. The lowest BCUT2D eigenvalue weighted by molar-refractivity contribution is -0.130. The van der Waals surface area contributed by atoms with Gasteiger partial charge in [-0.3, -0.25) is 9.69 Å². The highest BCUT2D eigenvalue weighted by Crippen LogP contribution is 2.33. The molecule has 3 amide bonds. The topological polar surface area (TPSA) is 58.6 Å². The van der Waals surface area contributed by atoms with E-state index in [2.05, 4.69) is 5.32 Å². The number of nitrogens with one attached hydrogen (secondary N) is 1. The number of urea groups is 1. The van der Waals surface area contributed by atoms with Crippen LogP contribution in [0.3, 0.4) is 0 Å². The zero-order chi connectivity index (χ0) is 15.7. The molecule has 1 spiro atoms. The Balaban J connectivity index is 1.61. The summed E-state index contributed by atoms with van der Waals surface area (Å²) in [6.45, 7) is 4.58. The molecular weight excluding hydrogens is 300 g/mol. The van der Waals surface area contributed by atoms with Gasteiger partial charge in [-0.05, 0) is 43.2 Å². The predicted molar refractivity (Wildman–Crippen MR) is 86.3 cm³/mol. The molecule has 1 aromatic rings. The van der Waals surface area contributed by atoms with E-state index >= 15 is 0 Å². The summed E-state index contributed by atoms with van der Waals surface area (Å²) in [7, 11) is 0. The summed E-state index contributed by atoms with van der Waals surface area (Å²) in [4.78, 5) is 25.8. The molecule has 1 atom stereocenters. The summed E-state index contributed by atoms with van der Waals surface area (Å²) >= 11 is 1.71. The number of aryl methyl sites for hydroxylation is 2. The highest BCUT2D eigenvalue weighted by molar-refractivity contribution is 7.99. The van der Waals surface area contributed by atoms with Crippen molar-refractivity contribution in [3.05, 3.63) is 29.3 Å². The molecule has 118 valence electrons. The second-order valence-electron chi connectivity index (χ2n) is 5.89. The van der Waals surface area contributed by atoms with Crippen LogP contribution in [-0.2, 0) is 4.79 Å². The van der Waals surface area contributed by atoms with Crippen LogP contribution in [0.15, 0.2) is 18.2 Å². The first kappa shape index (κ1) is 15.2. The zero-order valence-electron chi connectivity index (χ0n) is 12.8. The summed E-state index contributed by atoms with van der Waals surface area (Å²) in [6, 6.07) is 5.71. The van der Waals surface area contributed by atoms with Crippen molar-refractivity contribution in [3.8, 4) is 5.75 Å². The first-order valence-electron chi connectivity index (χ1n) is 7.44. The molecule has 1 N–H and O–H groups in total. The van der Waals surface area contributed by atoms with E-state index in [1.54, 1.807) is 11.8 Å². The van der Waals surface area contributed by atoms with Gasteiger partial charge >= 0.3 is 6.03 Å². The average molecular weight is 320 g/mol. The summed E-state index contributed by atoms with van der Waals surface area (Å²) < 4.78 is 5.75. The van der Waals surface area contributed by atoms with Crippen molar-refractivity contribution >= 4 is 23.7 Å². The monoisotopic (exact) mass is 320 g/mol. The van der Waals surface area contributed by atoms with Gasteiger partial charge in [-0.25, -0.2) is 4.79 Å².